The van der Waals surface area contributed by atoms with E-state index in [9.17, 15) is 4.79 Å². The molecule has 0 amide bonds. The monoisotopic (exact) mass is 262 g/mol. The Morgan fingerprint density at radius 3 is 2.65 bits per heavy atom. The maximum atomic E-state index is 11.9. The van der Waals surface area contributed by atoms with E-state index in [0.29, 0.717) is 10.9 Å². The van der Waals surface area contributed by atoms with E-state index in [1.54, 1.807) is 12.1 Å². The number of hydrogen-bond donors (Lipinski definition) is 2. The number of hydrogen-bond acceptors (Lipinski definition) is 4. The molecule has 0 atom stereocenters. The molecular formula is C15H10N4O. The largest absolute Gasteiger partial charge is 0.356 e. The van der Waals surface area contributed by atoms with Gasteiger partial charge in [0.1, 0.15) is 6.07 Å². The first-order valence-corrected chi connectivity index (χ1v) is 6.02. The van der Waals surface area contributed by atoms with E-state index in [1.807, 2.05) is 42.5 Å². The van der Waals surface area contributed by atoms with Crippen LogP contribution >= 0.6 is 0 Å². The summed E-state index contributed by atoms with van der Waals surface area (Å²) in [5.41, 5.74) is 1.91. The normalized spacial score (nSPS) is 10.2. The van der Waals surface area contributed by atoms with Gasteiger partial charge in [0.25, 0.3) is 5.56 Å². The van der Waals surface area contributed by atoms with Gasteiger partial charge in [0, 0.05) is 11.4 Å². The standard InChI is InChI=1S/C15H10N4O/c16-9-14-18-13-7-6-11(8-12(13)15(20)19-14)17-10-4-2-1-3-5-10/h1-8,17H,(H,18,19,20). The maximum Gasteiger partial charge on any atom is 0.259 e. The summed E-state index contributed by atoms with van der Waals surface area (Å²) in [5, 5.41) is 12.4. The van der Waals surface area contributed by atoms with Crippen molar-refractivity contribution in [2.75, 3.05) is 5.32 Å². The molecule has 0 saturated heterocycles. The lowest BCUT2D eigenvalue weighted by atomic mass is 10.2. The van der Waals surface area contributed by atoms with Crippen LogP contribution in [0.3, 0.4) is 0 Å². The Hall–Kier alpha value is -3.13. The van der Waals surface area contributed by atoms with Crippen molar-refractivity contribution in [2.24, 2.45) is 0 Å². The maximum absolute atomic E-state index is 11.9. The number of benzene rings is 2. The number of anilines is 2. The molecule has 0 aliphatic rings. The summed E-state index contributed by atoms with van der Waals surface area (Å²) in [5.74, 6) is 0.0197. The minimum Gasteiger partial charge on any atom is -0.356 e. The van der Waals surface area contributed by atoms with Gasteiger partial charge in [0.15, 0.2) is 0 Å². The van der Waals surface area contributed by atoms with Crippen LogP contribution in [0.5, 0.6) is 0 Å². The Kier molecular flexibility index (Phi) is 2.90. The third-order valence-electron chi connectivity index (χ3n) is 2.87. The van der Waals surface area contributed by atoms with Crippen LogP contribution in [0, 0.1) is 11.3 Å². The predicted molar refractivity (Wildman–Crippen MR) is 76.8 cm³/mol. The Balaban J connectivity index is 2.06. The fourth-order valence-corrected chi connectivity index (χ4v) is 1.96. The van der Waals surface area contributed by atoms with Gasteiger partial charge < -0.3 is 5.32 Å². The molecule has 1 aromatic heterocycles. The minimum atomic E-state index is -0.316. The summed E-state index contributed by atoms with van der Waals surface area (Å²) in [6.07, 6.45) is 0. The van der Waals surface area contributed by atoms with Crippen molar-refractivity contribution in [2.45, 2.75) is 0 Å². The summed E-state index contributed by atoms with van der Waals surface area (Å²) in [6.45, 7) is 0. The lowest BCUT2D eigenvalue weighted by molar-refractivity contribution is 1.12. The summed E-state index contributed by atoms with van der Waals surface area (Å²) >= 11 is 0. The first-order chi connectivity index (χ1) is 9.76. The van der Waals surface area contributed by atoms with Crippen LogP contribution in [0.15, 0.2) is 53.3 Å². The van der Waals surface area contributed by atoms with E-state index in [2.05, 4.69) is 15.3 Å². The van der Waals surface area contributed by atoms with Crippen molar-refractivity contribution in [3.63, 3.8) is 0 Å². The number of fused-ring (bicyclic) bond motifs is 1. The van der Waals surface area contributed by atoms with Crippen molar-refractivity contribution in [3.8, 4) is 6.07 Å². The van der Waals surface area contributed by atoms with Crippen LogP contribution in [0.25, 0.3) is 10.9 Å². The van der Waals surface area contributed by atoms with Gasteiger partial charge in [-0.15, -0.1) is 0 Å². The fraction of sp³-hybridized carbons (Fsp3) is 0. The zero-order valence-electron chi connectivity index (χ0n) is 10.4. The molecule has 0 bridgehead atoms. The third kappa shape index (κ3) is 2.22. The van der Waals surface area contributed by atoms with Crippen molar-refractivity contribution in [1.29, 1.82) is 5.26 Å². The number of nitriles is 1. The average Bonchev–Trinajstić information content (AvgIpc) is 2.48. The van der Waals surface area contributed by atoms with Gasteiger partial charge in [-0.25, -0.2) is 4.98 Å². The highest BCUT2D eigenvalue weighted by atomic mass is 16.1. The fourth-order valence-electron chi connectivity index (χ4n) is 1.96. The van der Waals surface area contributed by atoms with E-state index >= 15 is 0 Å². The Morgan fingerprint density at radius 1 is 1.10 bits per heavy atom. The lowest BCUT2D eigenvalue weighted by Gasteiger charge is -2.06. The van der Waals surface area contributed by atoms with Gasteiger partial charge in [-0.3, -0.25) is 9.78 Å². The molecule has 0 saturated carbocycles. The lowest BCUT2D eigenvalue weighted by Crippen LogP contribution is -2.10. The molecule has 3 rings (SSSR count). The van der Waals surface area contributed by atoms with E-state index < -0.39 is 0 Å². The number of nitrogens with zero attached hydrogens (tertiary/aromatic N) is 2. The highest BCUT2D eigenvalue weighted by molar-refractivity contribution is 5.82. The van der Waals surface area contributed by atoms with E-state index in [4.69, 9.17) is 5.26 Å². The van der Waals surface area contributed by atoms with Gasteiger partial charge in [-0.2, -0.15) is 5.26 Å². The van der Waals surface area contributed by atoms with Crippen LogP contribution in [0.2, 0.25) is 0 Å². The summed E-state index contributed by atoms with van der Waals surface area (Å²) in [4.78, 5) is 18.4. The molecule has 5 heteroatoms. The summed E-state index contributed by atoms with van der Waals surface area (Å²) in [7, 11) is 0. The second-order valence-electron chi connectivity index (χ2n) is 4.25. The van der Waals surface area contributed by atoms with E-state index in [-0.39, 0.29) is 11.4 Å². The van der Waals surface area contributed by atoms with Gasteiger partial charge in [-0.1, -0.05) is 18.2 Å². The molecule has 0 unspecified atom stereocenters. The summed E-state index contributed by atoms with van der Waals surface area (Å²) in [6, 6.07) is 16.8. The van der Waals surface area contributed by atoms with Crippen LogP contribution in [0.1, 0.15) is 5.82 Å². The molecule has 20 heavy (non-hydrogen) atoms. The first kappa shape index (κ1) is 11.9. The molecule has 0 aliphatic heterocycles. The molecular weight excluding hydrogens is 252 g/mol. The number of rotatable bonds is 2. The second kappa shape index (κ2) is 4.86. The molecule has 96 valence electrons. The first-order valence-electron chi connectivity index (χ1n) is 6.02. The molecule has 1 heterocycles. The Bertz CT molecular complexity index is 862. The Labute approximate surface area is 114 Å². The number of aromatic nitrogens is 2. The number of nitrogens with one attached hydrogen (secondary N) is 2. The minimum absolute atomic E-state index is 0.0197. The van der Waals surface area contributed by atoms with Crippen LogP contribution in [0.4, 0.5) is 11.4 Å². The van der Waals surface area contributed by atoms with E-state index in [1.165, 1.54) is 0 Å². The predicted octanol–water partition coefficient (Wildman–Crippen LogP) is 2.54. The van der Waals surface area contributed by atoms with Crippen molar-refractivity contribution < 1.29 is 0 Å². The van der Waals surface area contributed by atoms with Crippen molar-refractivity contribution in [1.82, 2.24) is 9.97 Å². The smallest absolute Gasteiger partial charge is 0.259 e. The average molecular weight is 262 g/mol. The van der Waals surface area contributed by atoms with Crippen LogP contribution in [-0.4, -0.2) is 9.97 Å². The second-order valence-corrected chi connectivity index (χ2v) is 4.25. The van der Waals surface area contributed by atoms with Crippen LogP contribution < -0.4 is 10.9 Å². The van der Waals surface area contributed by atoms with Crippen molar-refractivity contribution in [3.05, 3.63) is 64.7 Å². The van der Waals surface area contributed by atoms with E-state index in [0.717, 1.165) is 11.4 Å². The van der Waals surface area contributed by atoms with Crippen molar-refractivity contribution >= 4 is 22.3 Å². The number of aromatic amines is 1. The van der Waals surface area contributed by atoms with Gasteiger partial charge in [0.2, 0.25) is 5.82 Å². The topological polar surface area (TPSA) is 81.6 Å². The molecule has 0 fully saturated rings. The number of para-hydroxylation sites is 1. The molecule has 0 aliphatic carbocycles. The van der Waals surface area contributed by atoms with Gasteiger partial charge in [-0.05, 0) is 30.3 Å². The van der Waals surface area contributed by atoms with Gasteiger partial charge >= 0.3 is 0 Å². The zero-order valence-corrected chi connectivity index (χ0v) is 10.4. The molecule has 5 nitrogen and oxygen atoms in total. The highest BCUT2D eigenvalue weighted by Gasteiger charge is 2.04. The molecule has 2 N–H and O–H groups in total. The SMILES string of the molecule is N#Cc1nc2ccc(Nc3ccccc3)cc2c(=O)[nH]1. The molecule has 0 spiro atoms. The molecule has 2 aromatic carbocycles. The van der Waals surface area contributed by atoms with Gasteiger partial charge in [0.05, 0.1) is 10.9 Å². The third-order valence-corrected chi connectivity index (χ3v) is 2.87. The Morgan fingerprint density at radius 2 is 1.90 bits per heavy atom. The molecule has 0 radical (unpaired) electrons. The quantitative estimate of drug-likeness (QED) is 0.743. The zero-order chi connectivity index (χ0) is 13.9. The number of H-pyrrole nitrogens is 1. The molecule has 3 aromatic rings. The highest BCUT2D eigenvalue weighted by Crippen LogP contribution is 2.19. The van der Waals surface area contributed by atoms with Crippen LogP contribution in [-0.2, 0) is 0 Å². The summed E-state index contributed by atoms with van der Waals surface area (Å²) < 4.78 is 0.